The predicted octanol–water partition coefficient (Wildman–Crippen LogP) is 4.29. The van der Waals surface area contributed by atoms with E-state index in [9.17, 15) is 0 Å². The van der Waals surface area contributed by atoms with Crippen molar-refractivity contribution in [1.82, 2.24) is 9.47 Å². The lowest BCUT2D eigenvalue weighted by molar-refractivity contribution is -0.672. The second-order valence-electron chi connectivity index (χ2n) is 7.65. The number of para-hydroxylation sites is 2. The van der Waals surface area contributed by atoms with E-state index in [0.717, 1.165) is 26.1 Å². The first kappa shape index (κ1) is 18.7. The number of aromatic nitrogens is 2. The maximum Gasteiger partial charge on any atom is 0.244 e. The summed E-state index contributed by atoms with van der Waals surface area (Å²) in [6, 6.07) is 20.6. The third kappa shape index (κ3) is 4.34. The Hall–Kier alpha value is -2.13. The van der Waals surface area contributed by atoms with Crippen LogP contribution < -0.4 is 4.57 Å². The molecular weight excluding hydrogens is 318 g/mol. The highest BCUT2D eigenvalue weighted by molar-refractivity contribution is 5.71. The number of nitrogens with zero attached hydrogens (tertiary/aromatic N) is 3. The van der Waals surface area contributed by atoms with Crippen molar-refractivity contribution >= 4 is 11.0 Å². The zero-order valence-electron chi connectivity index (χ0n) is 16.6. The number of benzene rings is 2. The molecule has 0 atom stereocenters. The summed E-state index contributed by atoms with van der Waals surface area (Å²) in [5, 5.41) is 0. The van der Waals surface area contributed by atoms with Crippen LogP contribution in [0.4, 0.5) is 0 Å². The summed E-state index contributed by atoms with van der Waals surface area (Å²) in [7, 11) is 0. The highest BCUT2D eigenvalue weighted by Gasteiger charge is 2.18. The Kier molecular flexibility index (Phi) is 6.10. The molecule has 26 heavy (non-hydrogen) atoms. The van der Waals surface area contributed by atoms with Gasteiger partial charge in [-0.2, -0.15) is 0 Å². The standard InChI is InChI=1S/C23H32N3/c1-19(2)26(20(3)4)17-16-25-18-24(22-12-8-9-13-23(22)25)15-14-21-10-6-5-7-11-21/h5-13,18-20H,14-17H2,1-4H3/q+1. The molecule has 0 saturated heterocycles. The molecule has 0 aliphatic heterocycles. The summed E-state index contributed by atoms with van der Waals surface area (Å²) >= 11 is 0. The fraction of sp³-hybridized carbons (Fsp3) is 0.435. The molecule has 3 aromatic rings. The van der Waals surface area contributed by atoms with Gasteiger partial charge >= 0.3 is 0 Å². The molecule has 3 nitrogen and oxygen atoms in total. The number of hydrogen-bond donors (Lipinski definition) is 0. The fourth-order valence-electron chi connectivity index (χ4n) is 3.83. The minimum Gasteiger partial charge on any atom is -0.295 e. The van der Waals surface area contributed by atoms with Gasteiger partial charge in [-0.05, 0) is 45.4 Å². The summed E-state index contributed by atoms with van der Waals surface area (Å²) in [4.78, 5) is 2.56. The smallest absolute Gasteiger partial charge is 0.244 e. The van der Waals surface area contributed by atoms with Crippen LogP contribution in [0.1, 0.15) is 33.3 Å². The Balaban J connectivity index is 1.78. The predicted molar refractivity (Wildman–Crippen MR) is 109 cm³/mol. The minimum absolute atomic E-state index is 0.571. The van der Waals surface area contributed by atoms with Crippen LogP contribution in [0.5, 0.6) is 0 Å². The molecule has 2 aromatic carbocycles. The highest BCUT2D eigenvalue weighted by Crippen LogP contribution is 2.13. The summed E-state index contributed by atoms with van der Waals surface area (Å²) in [5.74, 6) is 0. The molecule has 1 aromatic heterocycles. The minimum atomic E-state index is 0.571. The molecule has 0 bridgehead atoms. The monoisotopic (exact) mass is 350 g/mol. The number of aryl methyl sites for hydroxylation is 2. The van der Waals surface area contributed by atoms with E-state index < -0.39 is 0 Å². The molecule has 138 valence electrons. The van der Waals surface area contributed by atoms with Crippen LogP contribution >= 0.6 is 0 Å². The molecule has 0 radical (unpaired) electrons. The van der Waals surface area contributed by atoms with Crippen molar-refractivity contribution in [3.63, 3.8) is 0 Å². The van der Waals surface area contributed by atoms with Crippen LogP contribution in [0.15, 0.2) is 60.9 Å². The normalized spacial score (nSPS) is 12.0. The van der Waals surface area contributed by atoms with E-state index in [-0.39, 0.29) is 0 Å². The molecule has 1 heterocycles. The van der Waals surface area contributed by atoms with Crippen molar-refractivity contribution in [2.45, 2.75) is 59.3 Å². The quantitative estimate of drug-likeness (QED) is 0.552. The lowest BCUT2D eigenvalue weighted by Gasteiger charge is -2.29. The van der Waals surface area contributed by atoms with E-state index >= 15 is 0 Å². The Morgan fingerprint density at radius 3 is 2.23 bits per heavy atom. The number of hydrogen-bond acceptors (Lipinski definition) is 1. The lowest BCUT2D eigenvalue weighted by Crippen LogP contribution is -2.45. The maximum atomic E-state index is 2.56. The van der Waals surface area contributed by atoms with Gasteiger partial charge < -0.3 is 0 Å². The van der Waals surface area contributed by atoms with Gasteiger partial charge in [-0.3, -0.25) is 4.90 Å². The Morgan fingerprint density at radius 2 is 1.54 bits per heavy atom. The maximum absolute atomic E-state index is 2.56. The van der Waals surface area contributed by atoms with E-state index in [1.807, 2.05) is 0 Å². The summed E-state index contributed by atoms with van der Waals surface area (Å²) in [6.45, 7) is 12.3. The fourth-order valence-corrected chi connectivity index (χ4v) is 3.83. The first-order valence-corrected chi connectivity index (χ1v) is 9.83. The van der Waals surface area contributed by atoms with Crippen molar-refractivity contribution in [3.8, 4) is 0 Å². The van der Waals surface area contributed by atoms with Crippen LogP contribution in [0.3, 0.4) is 0 Å². The SMILES string of the molecule is CC(C)N(CC[n+]1cn(CCc2ccccc2)c2ccccc21)C(C)C. The number of fused-ring (bicyclic) bond motifs is 1. The molecule has 0 fully saturated rings. The topological polar surface area (TPSA) is 12.1 Å². The van der Waals surface area contributed by atoms with Crippen molar-refractivity contribution in [2.24, 2.45) is 0 Å². The van der Waals surface area contributed by atoms with Gasteiger partial charge in [0.2, 0.25) is 6.33 Å². The van der Waals surface area contributed by atoms with Crippen LogP contribution in [-0.4, -0.2) is 28.1 Å². The van der Waals surface area contributed by atoms with E-state index in [1.54, 1.807) is 0 Å². The van der Waals surface area contributed by atoms with Gasteiger partial charge in [0, 0.05) is 25.0 Å². The van der Waals surface area contributed by atoms with E-state index in [0.29, 0.717) is 12.1 Å². The highest BCUT2D eigenvalue weighted by atomic mass is 15.2. The van der Waals surface area contributed by atoms with Crippen molar-refractivity contribution < 1.29 is 4.57 Å². The molecule has 0 unspecified atom stereocenters. The molecule has 3 rings (SSSR count). The zero-order valence-corrected chi connectivity index (χ0v) is 16.6. The molecule has 0 amide bonds. The number of rotatable bonds is 8. The van der Waals surface area contributed by atoms with Crippen molar-refractivity contribution in [2.75, 3.05) is 6.54 Å². The van der Waals surface area contributed by atoms with Gasteiger partial charge in [0.15, 0.2) is 11.0 Å². The van der Waals surface area contributed by atoms with Crippen LogP contribution in [-0.2, 0) is 19.5 Å². The number of imidazole rings is 1. The van der Waals surface area contributed by atoms with E-state index in [1.165, 1.54) is 16.6 Å². The third-order valence-corrected chi connectivity index (χ3v) is 5.19. The largest absolute Gasteiger partial charge is 0.295 e. The molecule has 3 heteroatoms. The molecule has 0 spiro atoms. The van der Waals surface area contributed by atoms with Gasteiger partial charge in [-0.1, -0.05) is 42.5 Å². The van der Waals surface area contributed by atoms with Gasteiger partial charge in [0.05, 0.1) is 6.54 Å². The molecule has 0 aliphatic rings. The summed E-state index contributed by atoms with van der Waals surface area (Å²) in [6.07, 6.45) is 3.36. The molecule has 0 N–H and O–H groups in total. The second kappa shape index (κ2) is 8.50. The Bertz CT molecular complexity index is 810. The van der Waals surface area contributed by atoms with Crippen molar-refractivity contribution in [3.05, 3.63) is 66.5 Å². The lowest BCUT2D eigenvalue weighted by atomic mass is 10.1. The van der Waals surface area contributed by atoms with Crippen LogP contribution in [0.25, 0.3) is 11.0 Å². The van der Waals surface area contributed by atoms with Crippen molar-refractivity contribution in [1.29, 1.82) is 0 Å². The average molecular weight is 351 g/mol. The summed E-state index contributed by atoms with van der Waals surface area (Å²) < 4.78 is 4.81. The molecule has 0 saturated carbocycles. The van der Waals surface area contributed by atoms with Gasteiger partial charge in [0.25, 0.3) is 0 Å². The van der Waals surface area contributed by atoms with Gasteiger partial charge in [-0.15, -0.1) is 0 Å². The Labute approximate surface area is 157 Å². The van der Waals surface area contributed by atoms with Crippen LogP contribution in [0.2, 0.25) is 0 Å². The first-order valence-electron chi connectivity index (χ1n) is 9.83. The first-order chi connectivity index (χ1) is 12.6. The second-order valence-corrected chi connectivity index (χ2v) is 7.65. The Morgan fingerprint density at radius 1 is 0.885 bits per heavy atom. The summed E-state index contributed by atoms with van der Waals surface area (Å²) in [5.41, 5.74) is 4.04. The third-order valence-electron chi connectivity index (χ3n) is 5.19. The average Bonchev–Trinajstić information content (AvgIpc) is 2.99. The van der Waals surface area contributed by atoms with Gasteiger partial charge in [0.1, 0.15) is 6.54 Å². The molecule has 0 aliphatic carbocycles. The van der Waals surface area contributed by atoms with Gasteiger partial charge in [-0.25, -0.2) is 9.13 Å². The van der Waals surface area contributed by atoms with Crippen LogP contribution in [0, 0.1) is 0 Å². The zero-order chi connectivity index (χ0) is 18.5. The van der Waals surface area contributed by atoms with E-state index in [4.69, 9.17) is 0 Å². The van der Waals surface area contributed by atoms with E-state index in [2.05, 4.69) is 103 Å². The molecular formula is C23H32N3+.